The van der Waals surface area contributed by atoms with E-state index in [1.165, 1.54) is 0 Å². The van der Waals surface area contributed by atoms with Crippen molar-refractivity contribution in [3.05, 3.63) is 45.3 Å². The van der Waals surface area contributed by atoms with E-state index in [9.17, 15) is 10.0 Å². The molecule has 2 heterocycles. The lowest BCUT2D eigenvalue weighted by molar-refractivity contribution is 0.155. The van der Waals surface area contributed by atoms with Gasteiger partial charge in [-0.25, -0.2) is 5.10 Å². The van der Waals surface area contributed by atoms with Crippen molar-refractivity contribution in [1.29, 1.82) is 0 Å². The van der Waals surface area contributed by atoms with E-state index in [1.807, 2.05) is 0 Å². The molecule has 0 atom stereocenters. The van der Waals surface area contributed by atoms with Crippen molar-refractivity contribution in [3.8, 4) is 0 Å². The second kappa shape index (κ2) is 2.57. The zero-order chi connectivity index (χ0) is 10.4. The number of nitrogens with zero attached hydrogens (tertiary/aromatic N) is 3. The van der Waals surface area contributed by atoms with Gasteiger partial charge in [0.25, 0.3) is 5.56 Å². The molecule has 0 saturated heterocycles. The zero-order valence-corrected chi connectivity index (χ0v) is 7.51. The Hall–Kier alpha value is -2.37. The zero-order valence-electron chi connectivity index (χ0n) is 7.51. The number of benzene rings is 1. The highest BCUT2D eigenvalue weighted by molar-refractivity contribution is 5.78. The molecule has 0 fully saturated rings. The smallest absolute Gasteiger partial charge is 0.300 e. The molecule has 0 aromatic heterocycles. The number of H-pyrrole nitrogens is 1. The van der Waals surface area contributed by atoms with Gasteiger partial charge in [0.1, 0.15) is 5.52 Å². The minimum atomic E-state index is -0.391. The van der Waals surface area contributed by atoms with Crippen molar-refractivity contribution in [2.24, 2.45) is 0 Å². The van der Waals surface area contributed by atoms with Crippen LogP contribution in [0.5, 0.6) is 0 Å². The number of hydrogen-bond donors (Lipinski definition) is 2. The average molecular weight is 202 g/mol. The fourth-order valence-corrected chi connectivity index (χ4v) is 1.65. The molecular formula is C9H6N4O2. The van der Waals surface area contributed by atoms with Crippen molar-refractivity contribution in [2.75, 3.05) is 0 Å². The number of rotatable bonds is 0. The van der Waals surface area contributed by atoms with Crippen LogP contribution in [0.2, 0.25) is 0 Å². The summed E-state index contributed by atoms with van der Waals surface area (Å²) in [5.41, 5.74) is 0.399. The molecule has 15 heavy (non-hydrogen) atoms. The van der Waals surface area contributed by atoms with Crippen LogP contribution in [0, 0.1) is 10.7 Å². The Balaban J connectivity index is 2.81. The Morgan fingerprint density at radius 2 is 2.07 bits per heavy atom. The molecule has 0 bridgehead atoms. The maximum atomic E-state index is 11.4. The summed E-state index contributed by atoms with van der Waals surface area (Å²) in [6.45, 7) is 0. The Morgan fingerprint density at radius 1 is 1.27 bits per heavy atom. The lowest BCUT2D eigenvalue weighted by Crippen LogP contribution is -2.05. The van der Waals surface area contributed by atoms with E-state index in [4.69, 9.17) is 0 Å². The molecule has 0 unspecified atom stereocenters. The van der Waals surface area contributed by atoms with Gasteiger partial charge in [-0.05, 0) is 6.07 Å². The Kier molecular flexibility index (Phi) is 1.37. The summed E-state index contributed by atoms with van der Waals surface area (Å²) in [4.78, 5) is 12.2. The van der Waals surface area contributed by atoms with E-state index >= 15 is 0 Å². The normalized spacial score (nSPS) is 11.2. The van der Waals surface area contributed by atoms with Crippen LogP contribution in [0.25, 0.3) is 10.9 Å². The largest absolute Gasteiger partial charge is 0.413 e. The first-order valence-electron chi connectivity index (χ1n) is 4.33. The van der Waals surface area contributed by atoms with E-state index in [0.717, 1.165) is 4.85 Å². The molecule has 6 heteroatoms. The fraction of sp³-hybridized carbons (Fsp3) is 0. The molecule has 0 aliphatic carbocycles. The van der Waals surface area contributed by atoms with Crippen molar-refractivity contribution in [3.63, 3.8) is 0 Å². The first kappa shape index (κ1) is 7.98. The van der Waals surface area contributed by atoms with E-state index < -0.39 is 5.56 Å². The second-order valence-corrected chi connectivity index (χ2v) is 3.17. The van der Waals surface area contributed by atoms with Crippen molar-refractivity contribution >= 4 is 10.9 Å². The Labute approximate surface area is 82.4 Å². The molecule has 0 spiro atoms. The van der Waals surface area contributed by atoms with Crippen molar-refractivity contribution in [1.82, 2.24) is 20.1 Å². The number of aromatic amines is 1. The topological polar surface area (TPSA) is 83.8 Å². The molecule has 0 amide bonds. The van der Waals surface area contributed by atoms with Crippen LogP contribution in [0.1, 0.15) is 0 Å². The van der Waals surface area contributed by atoms with Gasteiger partial charge in [0.05, 0.1) is 5.22 Å². The monoisotopic (exact) mass is 202 g/mol. The lowest BCUT2D eigenvalue weighted by Gasteiger charge is -2.02. The van der Waals surface area contributed by atoms with Crippen LogP contribution >= 0.6 is 0 Å². The molecule has 3 rings (SSSR count). The predicted molar refractivity (Wildman–Crippen MR) is 50.6 cm³/mol. The summed E-state index contributed by atoms with van der Waals surface area (Å²) in [5.74, 6) is 0. The highest BCUT2D eigenvalue weighted by Crippen LogP contribution is 2.11. The van der Waals surface area contributed by atoms with Gasteiger partial charge in [-0.3, -0.25) is 4.79 Å². The summed E-state index contributed by atoms with van der Waals surface area (Å²) in [6, 6.07) is 6.98. The third kappa shape index (κ3) is 0.954. The van der Waals surface area contributed by atoms with Crippen LogP contribution in [-0.2, 0) is 0 Å². The minimum absolute atomic E-state index is 0.279. The summed E-state index contributed by atoms with van der Waals surface area (Å²) >= 11 is 0. The first-order valence-corrected chi connectivity index (χ1v) is 4.33. The van der Waals surface area contributed by atoms with Crippen LogP contribution in [0.4, 0.5) is 0 Å². The molecule has 2 aliphatic heterocycles. The number of nitrogens with one attached hydrogen (secondary N) is 1. The molecule has 2 aliphatic rings. The van der Waals surface area contributed by atoms with Gasteiger partial charge >= 0.3 is 0 Å². The number of para-hydroxylation sites is 1. The molecule has 6 nitrogen and oxygen atoms in total. The van der Waals surface area contributed by atoms with Gasteiger partial charge in [-0.2, -0.15) is 0 Å². The third-order valence-electron chi connectivity index (χ3n) is 2.30. The summed E-state index contributed by atoms with van der Waals surface area (Å²) in [6.07, 6.45) is 0. The number of fused-ring (bicyclic) bond motifs is 2. The maximum absolute atomic E-state index is 11.4. The highest BCUT2D eigenvalue weighted by atomic mass is 16.5. The van der Waals surface area contributed by atoms with Crippen LogP contribution in [-0.4, -0.2) is 25.3 Å². The molecule has 1 aromatic rings. The molecule has 1 aromatic carbocycles. The minimum Gasteiger partial charge on any atom is -0.413 e. The van der Waals surface area contributed by atoms with E-state index in [-0.39, 0.29) is 5.48 Å². The lowest BCUT2D eigenvalue weighted by atomic mass is 10.2. The Bertz CT molecular complexity index is 758. The number of aromatic nitrogens is 4. The van der Waals surface area contributed by atoms with Gasteiger partial charge in [-0.15, -0.1) is 15.0 Å². The van der Waals surface area contributed by atoms with Crippen LogP contribution < -0.4 is 5.56 Å². The molecule has 0 saturated carbocycles. The van der Waals surface area contributed by atoms with Gasteiger partial charge in [-0.1, -0.05) is 18.2 Å². The van der Waals surface area contributed by atoms with E-state index in [0.29, 0.717) is 16.1 Å². The SMILES string of the molecule is O=c1nnc2[nH]n(O)c3ccccc3c1=2. The predicted octanol–water partition coefficient (Wildman–Crippen LogP) is 0.0817. The summed E-state index contributed by atoms with van der Waals surface area (Å²) < 4.78 is 0. The van der Waals surface area contributed by atoms with E-state index in [2.05, 4.69) is 15.3 Å². The standard InChI is InChI=1S/C9H6N4O2/c14-9-7-5-3-1-2-4-6(5)13(15)12-8(7)10-11-9/h1-4,12,15H. The van der Waals surface area contributed by atoms with Crippen LogP contribution in [0.15, 0.2) is 29.1 Å². The quantitative estimate of drug-likeness (QED) is 0.506. The molecule has 0 radical (unpaired) electrons. The van der Waals surface area contributed by atoms with Crippen molar-refractivity contribution < 1.29 is 5.21 Å². The highest BCUT2D eigenvalue weighted by Gasteiger charge is 2.06. The van der Waals surface area contributed by atoms with Gasteiger partial charge in [0.15, 0.2) is 5.48 Å². The van der Waals surface area contributed by atoms with E-state index in [1.54, 1.807) is 24.3 Å². The average Bonchev–Trinajstić information content (AvgIpc) is 2.61. The second-order valence-electron chi connectivity index (χ2n) is 3.17. The van der Waals surface area contributed by atoms with Gasteiger partial charge in [0.2, 0.25) is 0 Å². The van der Waals surface area contributed by atoms with Gasteiger partial charge < -0.3 is 5.21 Å². The van der Waals surface area contributed by atoms with Gasteiger partial charge in [0, 0.05) is 5.39 Å². The van der Waals surface area contributed by atoms with Crippen LogP contribution in [0.3, 0.4) is 0 Å². The first-order chi connectivity index (χ1) is 7.27. The van der Waals surface area contributed by atoms with Crippen molar-refractivity contribution in [2.45, 2.75) is 0 Å². The molecule has 2 N–H and O–H groups in total. The third-order valence-corrected chi connectivity index (χ3v) is 2.30. The number of hydrogen-bond acceptors (Lipinski definition) is 4. The molecule has 74 valence electrons. The maximum Gasteiger partial charge on any atom is 0.300 e. The fourth-order valence-electron chi connectivity index (χ4n) is 1.65. The Morgan fingerprint density at radius 3 is 2.93 bits per heavy atom. The summed E-state index contributed by atoms with van der Waals surface area (Å²) in [5, 5.41) is 20.2. The summed E-state index contributed by atoms with van der Waals surface area (Å²) in [7, 11) is 0. The molecular weight excluding hydrogens is 196 g/mol.